The Morgan fingerprint density at radius 3 is 2.53 bits per heavy atom. The average Bonchev–Trinajstić information content (AvgIpc) is 2.33. The highest BCUT2D eigenvalue weighted by molar-refractivity contribution is 5.30. The average molecular weight is 281 g/mol. The second-order valence-corrected chi connectivity index (χ2v) is 3.95. The maximum Gasteiger partial charge on any atom is 0.411 e. The predicted octanol–water partition coefficient (Wildman–Crippen LogP) is 2.80. The molecule has 0 saturated heterocycles. The molecule has 1 aromatic carbocycles. The van der Waals surface area contributed by atoms with Crippen LogP contribution in [0.2, 0.25) is 0 Å². The molecule has 0 aromatic heterocycles. The van der Waals surface area contributed by atoms with Crippen molar-refractivity contribution in [2.45, 2.75) is 18.6 Å². The van der Waals surface area contributed by atoms with Gasteiger partial charge in [0, 0.05) is 24.3 Å². The molecule has 3 nitrogen and oxygen atoms in total. The van der Waals surface area contributed by atoms with Gasteiger partial charge >= 0.3 is 6.18 Å². The highest BCUT2D eigenvalue weighted by atomic mass is 19.4. The van der Waals surface area contributed by atoms with Crippen molar-refractivity contribution in [2.75, 3.05) is 20.3 Å². The van der Waals surface area contributed by atoms with Crippen LogP contribution in [0.3, 0.4) is 0 Å². The highest BCUT2D eigenvalue weighted by Gasteiger charge is 2.27. The zero-order valence-corrected chi connectivity index (χ0v) is 10.3. The van der Waals surface area contributed by atoms with Crippen molar-refractivity contribution in [3.8, 4) is 5.75 Å². The minimum absolute atomic E-state index is 0.0966. The van der Waals surface area contributed by atoms with Crippen LogP contribution in [0.5, 0.6) is 5.75 Å². The van der Waals surface area contributed by atoms with Crippen molar-refractivity contribution in [3.05, 3.63) is 29.6 Å². The number of rotatable bonds is 6. The van der Waals surface area contributed by atoms with Crippen LogP contribution in [0.25, 0.3) is 0 Å². The Morgan fingerprint density at radius 2 is 2.00 bits per heavy atom. The van der Waals surface area contributed by atoms with Crippen molar-refractivity contribution in [3.63, 3.8) is 0 Å². The Morgan fingerprint density at radius 1 is 1.32 bits per heavy atom. The van der Waals surface area contributed by atoms with Crippen molar-refractivity contribution in [1.29, 1.82) is 0 Å². The Bertz CT molecular complexity index is 409. The molecule has 1 rings (SSSR count). The molecular weight excluding hydrogens is 266 g/mol. The molecule has 0 aliphatic rings. The Kier molecular flexibility index (Phi) is 5.56. The first-order valence-electron chi connectivity index (χ1n) is 5.57. The van der Waals surface area contributed by atoms with E-state index in [1.165, 1.54) is 25.3 Å². The van der Waals surface area contributed by atoms with Gasteiger partial charge in [-0.3, -0.25) is 0 Å². The number of alkyl halides is 3. The molecule has 0 radical (unpaired) electrons. The number of halogens is 4. The van der Waals surface area contributed by atoms with E-state index in [-0.39, 0.29) is 18.6 Å². The third kappa shape index (κ3) is 5.44. The zero-order chi connectivity index (χ0) is 14.5. The second-order valence-electron chi connectivity index (χ2n) is 3.95. The predicted molar refractivity (Wildman–Crippen MR) is 61.4 cm³/mol. The summed E-state index contributed by atoms with van der Waals surface area (Å²) in [4.78, 5) is 0. The van der Waals surface area contributed by atoms with Gasteiger partial charge < -0.3 is 15.2 Å². The minimum atomic E-state index is -4.37. The largest absolute Gasteiger partial charge is 0.497 e. The summed E-state index contributed by atoms with van der Waals surface area (Å²) in [6.45, 7) is -1.52. The maximum atomic E-state index is 13.6. The number of methoxy groups -OCH3 is 1. The molecule has 0 fully saturated rings. The van der Waals surface area contributed by atoms with Crippen LogP contribution >= 0.6 is 0 Å². The number of benzene rings is 1. The molecular formula is C12H15F4NO2. The molecule has 19 heavy (non-hydrogen) atoms. The van der Waals surface area contributed by atoms with Crippen LogP contribution in [0.1, 0.15) is 18.0 Å². The van der Waals surface area contributed by atoms with Crippen molar-refractivity contribution < 1.29 is 27.0 Å². The third-order valence-corrected chi connectivity index (χ3v) is 2.45. The van der Waals surface area contributed by atoms with Crippen LogP contribution < -0.4 is 10.5 Å². The minimum Gasteiger partial charge on any atom is -0.497 e. The SMILES string of the molecule is COc1ccc(C(N)CCOCC(F)(F)F)c(F)c1. The molecule has 0 aliphatic heterocycles. The molecule has 1 unspecified atom stereocenters. The molecule has 0 spiro atoms. The van der Waals surface area contributed by atoms with E-state index in [2.05, 4.69) is 4.74 Å². The normalized spacial score (nSPS) is 13.4. The van der Waals surface area contributed by atoms with E-state index in [9.17, 15) is 17.6 Å². The molecule has 108 valence electrons. The van der Waals surface area contributed by atoms with E-state index in [1.54, 1.807) is 0 Å². The van der Waals surface area contributed by atoms with Crippen molar-refractivity contribution >= 4 is 0 Å². The molecule has 7 heteroatoms. The lowest BCUT2D eigenvalue weighted by Crippen LogP contribution is -2.20. The second kappa shape index (κ2) is 6.72. The van der Waals surface area contributed by atoms with Crippen molar-refractivity contribution in [2.24, 2.45) is 5.73 Å². The topological polar surface area (TPSA) is 44.5 Å². The van der Waals surface area contributed by atoms with Gasteiger partial charge in [0.15, 0.2) is 0 Å². The lowest BCUT2D eigenvalue weighted by Gasteiger charge is -2.14. The van der Waals surface area contributed by atoms with Gasteiger partial charge in [-0.25, -0.2) is 4.39 Å². The van der Waals surface area contributed by atoms with Crippen LogP contribution in [0.4, 0.5) is 17.6 Å². The van der Waals surface area contributed by atoms with E-state index in [0.29, 0.717) is 5.75 Å². The lowest BCUT2D eigenvalue weighted by atomic mass is 10.0. The Labute approximate surface area is 108 Å². The lowest BCUT2D eigenvalue weighted by molar-refractivity contribution is -0.174. The smallest absolute Gasteiger partial charge is 0.411 e. The Balaban J connectivity index is 2.47. The summed E-state index contributed by atoms with van der Waals surface area (Å²) in [5, 5.41) is 0. The number of hydrogen-bond acceptors (Lipinski definition) is 3. The van der Waals surface area contributed by atoms with Gasteiger partial charge in [0.05, 0.1) is 7.11 Å². The van der Waals surface area contributed by atoms with Crippen LogP contribution in [0.15, 0.2) is 18.2 Å². The fourth-order valence-electron chi connectivity index (χ4n) is 1.49. The number of ether oxygens (including phenoxy) is 2. The molecule has 1 atom stereocenters. The molecule has 0 bridgehead atoms. The van der Waals surface area contributed by atoms with E-state index in [1.807, 2.05) is 0 Å². The fourth-order valence-corrected chi connectivity index (χ4v) is 1.49. The molecule has 0 aliphatic carbocycles. The van der Waals surface area contributed by atoms with E-state index in [0.717, 1.165) is 0 Å². The summed E-state index contributed by atoms with van der Waals surface area (Å²) >= 11 is 0. The van der Waals surface area contributed by atoms with Gasteiger partial charge in [-0.05, 0) is 12.5 Å². The monoisotopic (exact) mass is 281 g/mol. The first-order chi connectivity index (χ1) is 8.83. The first-order valence-corrected chi connectivity index (χ1v) is 5.57. The Hall–Kier alpha value is -1.34. The summed E-state index contributed by atoms with van der Waals surface area (Å²) in [6, 6.07) is 3.43. The van der Waals surface area contributed by atoms with Gasteiger partial charge in [-0.1, -0.05) is 6.07 Å². The van der Waals surface area contributed by atoms with Gasteiger partial charge in [0.2, 0.25) is 0 Å². The summed E-state index contributed by atoms with van der Waals surface area (Å²) in [7, 11) is 1.40. The molecule has 0 heterocycles. The number of nitrogens with two attached hydrogens (primary N) is 1. The highest BCUT2D eigenvalue weighted by Crippen LogP contribution is 2.23. The summed E-state index contributed by atoms with van der Waals surface area (Å²) < 4.78 is 58.3. The summed E-state index contributed by atoms with van der Waals surface area (Å²) in [5.41, 5.74) is 5.91. The zero-order valence-electron chi connectivity index (χ0n) is 10.3. The van der Waals surface area contributed by atoms with Crippen LogP contribution in [0, 0.1) is 5.82 Å². The van der Waals surface area contributed by atoms with Gasteiger partial charge in [0.25, 0.3) is 0 Å². The quantitative estimate of drug-likeness (QED) is 0.644. The molecule has 1 aromatic rings. The van der Waals surface area contributed by atoms with E-state index < -0.39 is 24.6 Å². The fraction of sp³-hybridized carbons (Fsp3) is 0.500. The van der Waals surface area contributed by atoms with E-state index >= 15 is 0 Å². The maximum absolute atomic E-state index is 13.6. The van der Waals surface area contributed by atoms with Gasteiger partial charge in [0.1, 0.15) is 18.2 Å². The number of hydrogen-bond donors (Lipinski definition) is 1. The molecule has 0 saturated carbocycles. The third-order valence-electron chi connectivity index (χ3n) is 2.45. The van der Waals surface area contributed by atoms with Crippen molar-refractivity contribution in [1.82, 2.24) is 0 Å². The standard InChI is InChI=1S/C12H15F4NO2/c1-18-8-2-3-9(10(13)6-8)11(17)4-5-19-7-12(14,15)16/h2-3,6,11H,4-5,7,17H2,1H3. The first kappa shape index (κ1) is 15.7. The summed E-state index contributed by atoms with van der Waals surface area (Å²) in [6.07, 6.45) is -4.27. The molecule has 2 N–H and O–H groups in total. The van der Waals surface area contributed by atoms with Crippen LogP contribution in [-0.4, -0.2) is 26.5 Å². The van der Waals surface area contributed by atoms with Crippen LogP contribution in [-0.2, 0) is 4.74 Å². The van der Waals surface area contributed by atoms with E-state index in [4.69, 9.17) is 10.5 Å². The molecule has 0 amide bonds. The van der Waals surface area contributed by atoms with Gasteiger partial charge in [-0.15, -0.1) is 0 Å². The van der Waals surface area contributed by atoms with Gasteiger partial charge in [-0.2, -0.15) is 13.2 Å². The summed E-state index contributed by atoms with van der Waals surface area (Å²) in [5.74, 6) is -0.204.